The fraction of sp³-hybridized carbons (Fsp3) is 0.500. The van der Waals surface area contributed by atoms with Gasteiger partial charge in [0.2, 0.25) is 11.8 Å². The SMILES string of the molecule is O=C(NC[C@H]1CCCO1)[C@H]1CC(=O)N(c2cccc(Br)c2)C1. The van der Waals surface area contributed by atoms with Crippen molar-refractivity contribution in [1.82, 2.24) is 5.32 Å². The Morgan fingerprint density at radius 2 is 2.32 bits per heavy atom. The van der Waals surface area contributed by atoms with Crippen molar-refractivity contribution in [2.24, 2.45) is 5.92 Å². The number of benzene rings is 1. The van der Waals surface area contributed by atoms with Gasteiger partial charge in [0.1, 0.15) is 0 Å². The molecule has 3 rings (SSSR count). The summed E-state index contributed by atoms with van der Waals surface area (Å²) in [5, 5.41) is 2.92. The van der Waals surface area contributed by atoms with Crippen molar-refractivity contribution in [3.8, 4) is 0 Å². The summed E-state index contributed by atoms with van der Waals surface area (Å²) in [6, 6.07) is 7.58. The molecular formula is C16H19BrN2O3. The number of carbonyl (C=O) groups excluding carboxylic acids is 2. The van der Waals surface area contributed by atoms with E-state index < -0.39 is 0 Å². The molecule has 1 aromatic carbocycles. The van der Waals surface area contributed by atoms with Crippen LogP contribution in [-0.2, 0) is 14.3 Å². The Morgan fingerprint density at radius 1 is 1.45 bits per heavy atom. The second-order valence-corrected chi connectivity index (χ2v) is 6.68. The van der Waals surface area contributed by atoms with Crippen molar-refractivity contribution >= 4 is 33.4 Å². The van der Waals surface area contributed by atoms with E-state index >= 15 is 0 Å². The van der Waals surface area contributed by atoms with Gasteiger partial charge < -0.3 is 15.0 Å². The van der Waals surface area contributed by atoms with Gasteiger partial charge in [0, 0.05) is 36.3 Å². The first-order valence-corrected chi connectivity index (χ1v) is 8.38. The molecule has 2 fully saturated rings. The molecule has 0 spiro atoms. The zero-order valence-corrected chi connectivity index (χ0v) is 13.8. The maximum absolute atomic E-state index is 12.2. The van der Waals surface area contributed by atoms with Crippen molar-refractivity contribution in [2.75, 3.05) is 24.6 Å². The number of nitrogens with one attached hydrogen (secondary N) is 1. The molecule has 2 amide bonds. The summed E-state index contributed by atoms with van der Waals surface area (Å²) in [4.78, 5) is 26.1. The van der Waals surface area contributed by atoms with E-state index in [9.17, 15) is 9.59 Å². The Kier molecular flexibility index (Phi) is 4.78. The van der Waals surface area contributed by atoms with Gasteiger partial charge >= 0.3 is 0 Å². The molecule has 1 aromatic rings. The van der Waals surface area contributed by atoms with Gasteiger partial charge in [-0.25, -0.2) is 0 Å². The molecule has 2 aliphatic heterocycles. The number of ether oxygens (including phenoxy) is 1. The third kappa shape index (κ3) is 3.50. The van der Waals surface area contributed by atoms with Gasteiger partial charge in [-0.2, -0.15) is 0 Å². The number of anilines is 1. The van der Waals surface area contributed by atoms with Gasteiger partial charge in [-0.05, 0) is 31.0 Å². The summed E-state index contributed by atoms with van der Waals surface area (Å²) in [6.07, 6.45) is 2.44. The monoisotopic (exact) mass is 366 g/mol. The van der Waals surface area contributed by atoms with Crippen molar-refractivity contribution in [3.63, 3.8) is 0 Å². The van der Waals surface area contributed by atoms with Crippen LogP contribution in [0.15, 0.2) is 28.7 Å². The largest absolute Gasteiger partial charge is 0.376 e. The van der Waals surface area contributed by atoms with Gasteiger partial charge in [0.25, 0.3) is 0 Å². The second kappa shape index (κ2) is 6.79. The lowest BCUT2D eigenvalue weighted by Crippen LogP contribution is -2.37. The third-order valence-electron chi connectivity index (χ3n) is 4.14. The molecule has 6 heteroatoms. The lowest BCUT2D eigenvalue weighted by atomic mass is 10.1. The standard InChI is InChI=1S/C16H19BrN2O3/c17-12-3-1-4-13(8-12)19-10-11(7-15(19)20)16(21)18-9-14-5-2-6-22-14/h1,3-4,8,11,14H,2,5-7,9-10H2,(H,18,21)/t11-,14+/m0/s1. The van der Waals surface area contributed by atoms with Crippen LogP contribution in [0.3, 0.4) is 0 Å². The van der Waals surface area contributed by atoms with Crippen molar-refractivity contribution in [1.29, 1.82) is 0 Å². The molecule has 5 nitrogen and oxygen atoms in total. The molecular weight excluding hydrogens is 348 g/mol. The minimum absolute atomic E-state index is 0.00429. The van der Waals surface area contributed by atoms with Gasteiger partial charge in [-0.1, -0.05) is 22.0 Å². The number of hydrogen-bond donors (Lipinski definition) is 1. The van der Waals surface area contributed by atoms with Gasteiger partial charge in [-0.3, -0.25) is 9.59 Å². The summed E-state index contributed by atoms with van der Waals surface area (Å²) in [7, 11) is 0. The molecule has 22 heavy (non-hydrogen) atoms. The van der Waals surface area contributed by atoms with Crippen molar-refractivity contribution in [3.05, 3.63) is 28.7 Å². The first-order chi connectivity index (χ1) is 10.6. The van der Waals surface area contributed by atoms with E-state index in [0.717, 1.165) is 29.6 Å². The Bertz CT molecular complexity index is 572. The first-order valence-electron chi connectivity index (χ1n) is 7.59. The fourth-order valence-electron chi connectivity index (χ4n) is 2.94. The molecule has 0 aromatic heterocycles. The molecule has 2 atom stereocenters. The molecule has 2 heterocycles. The van der Waals surface area contributed by atoms with Crippen LogP contribution < -0.4 is 10.2 Å². The molecule has 0 radical (unpaired) electrons. The second-order valence-electron chi connectivity index (χ2n) is 5.77. The van der Waals surface area contributed by atoms with E-state index in [1.165, 1.54) is 0 Å². The lowest BCUT2D eigenvalue weighted by Gasteiger charge is -2.17. The third-order valence-corrected chi connectivity index (χ3v) is 4.64. The molecule has 0 aliphatic carbocycles. The topological polar surface area (TPSA) is 58.6 Å². The van der Waals surface area contributed by atoms with E-state index in [-0.39, 0.29) is 30.3 Å². The molecule has 0 bridgehead atoms. The van der Waals surface area contributed by atoms with Crippen molar-refractivity contribution in [2.45, 2.75) is 25.4 Å². The highest BCUT2D eigenvalue weighted by molar-refractivity contribution is 9.10. The van der Waals surface area contributed by atoms with Crippen LogP contribution in [0.1, 0.15) is 19.3 Å². The summed E-state index contributed by atoms with van der Waals surface area (Å²) in [6.45, 7) is 1.76. The van der Waals surface area contributed by atoms with E-state index in [1.54, 1.807) is 4.90 Å². The quantitative estimate of drug-likeness (QED) is 0.887. The Labute approximate surface area is 138 Å². The molecule has 0 unspecified atom stereocenters. The highest BCUT2D eigenvalue weighted by atomic mass is 79.9. The Hall–Kier alpha value is -1.40. The van der Waals surface area contributed by atoms with Crippen LogP contribution in [0.25, 0.3) is 0 Å². The molecule has 118 valence electrons. The highest BCUT2D eigenvalue weighted by Gasteiger charge is 2.35. The predicted molar refractivity (Wildman–Crippen MR) is 86.6 cm³/mol. The van der Waals surface area contributed by atoms with E-state index in [1.807, 2.05) is 24.3 Å². The zero-order valence-electron chi connectivity index (χ0n) is 12.3. The average molecular weight is 367 g/mol. The van der Waals surface area contributed by atoms with Crippen LogP contribution in [0.5, 0.6) is 0 Å². The summed E-state index contributed by atoms with van der Waals surface area (Å²) >= 11 is 3.40. The van der Waals surface area contributed by atoms with Crippen LogP contribution in [0.2, 0.25) is 0 Å². The fourth-order valence-corrected chi connectivity index (χ4v) is 3.33. The van der Waals surface area contributed by atoms with Crippen LogP contribution in [-0.4, -0.2) is 37.6 Å². The van der Waals surface area contributed by atoms with Gasteiger partial charge in [-0.15, -0.1) is 0 Å². The van der Waals surface area contributed by atoms with E-state index in [2.05, 4.69) is 21.2 Å². The van der Waals surface area contributed by atoms with Crippen LogP contribution in [0.4, 0.5) is 5.69 Å². The summed E-state index contributed by atoms with van der Waals surface area (Å²) < 4.78 is 6.41. The molecule has 0 saturated carbocycles. The minimum Gasteiger partial charge on any atom is -0.376 e. The normalized spacial score (nSPS) is 24.8. The minimum atomic E-state index is -0.284. The molecule has 2 aliphatic rings. The van der Waals surface area contributed by atoms with Crippen LogP contribution >= 0.6 is 15.9 Å². The Morgan fingerprint density at radius 3 is 3.05 bits per heavy atom. The van der Waals surface area contributed by atoms with Crippen LogP contribution in [0, 0.1) is 5.92 Å². The number of hydrogen-bond acceptors (Lipinski definition) is 3. The first kappa shape index (κ1) is 15.5. The van der Waals surface area contributed by atoms with Gasteiger partial charge in [0.15, 0.2) is 0 Å². The van der Waals surface area contributed by atoms with E-state index in [4.69, 9.17) is 4.74 Å². The number of rotatable bonds is 4. The smallest absolute Gasteiger partial charge is 0.227 e. The lowest BCUT2D eigenvalue weighted by molar-refractivity contribution is -0.126. The summed E-state index contributed by atoms with van der Waals surface area (Å²) in [5.41, 5.74) is 0.828. The predicted octanol–water partition coefficient (Wildman–Crippen LogP) is 2.10. The molecule has 2 saturated heterocycles. The summed E-state index contributed by atoms with van der Waals surface area (Å²) in [5.74, 6) is -0.343. The highest BCUT2D eigenvalue weighted by Crippen LogP contribution is 2.27. The number of nitrogens with zero attached hydrogens (tertiary/aromatic N) is 1. The zero-order chi connectivity index (χ0) is 15.5. The van der Waals surface area contributed by atoms with E-state index in [0.29, 0.717) is 13.1 Å². The number of carbonyl (C=O) groups is 2. The Balaban J connectivity index is 1.57. The molecule has 1 N–H and O–H groups in total. The maximum atomic E-state index is 12.2. The van der Waals surface area contributed by atoms with Gasteiger partial charge in [0.05, 0.1) is 12.0 Å². The average Bonchev–Trinajstić information content (AvgIpc) is 3.14. The number of amides is 2. The van der Waals surface area contributed by atoms with Crippen molar-refractivity contribution < 1.29 is 14.3 Å². The number of halogens is 1. The maximum Gasteiger partial charge on any atom is 0.227 e.